The monoisotopic (exact) mass is 487 g/mol. The number of amides is 2. The largest absolute Gasteiger partial charge is 0.491 e. The fourth-order valence-electron chi connectivity index (χ4n) is 3.05. The molecule has 1 N–H and O–H groups in total. The van der Waals surface area contributed by atoms with E-state index in [9.17, 15) is 9.59 Å². The summed E-state index contributed by atoms with van der Waals surface area (Å²) in [5.74, 6) is 0.947. The van der Waals surface area contributed by atoms with Gasteiger partial charge in [0.1, 0.15) is 22.3 Å². The Bertz CT molecular complexity index is 1200. The Labute approximate surface area is 199 Å². The number of carbonyl (C=O) groups excluding carboxylic acids is 2. The molecule has 33 heavy (non-hydrogen) atoms. The number of halogens is 1. The Morgan fingerprint density at radius 1 is 1.15 bits per heavy atom. The average molecular weight is 488 g/mol. The molecule has 3 heterocycles. The Morgan fingerprint density at radius 3 is 2.52 bits per heavy atom. The van der Waals surface area contributed by atoms with E-state index in [4.69, 9.17) is 21.1 Å². The van der Waals surface area contributed by atoms with Crippen molar-refractivity contribution in [3.05, 3.63) is 52.4 Å². The maximum Gasteiger partial charge on any atom is 0.257 e. The van der Waals surface area contributed by atoms with Crippen LogP contribution < -0.4 is 14.8 Å². The van der Waals surface area contributed by atoms with Crippen molar-refractivity contribution in [1.82, 2.24) is 19.2 Å². The van der Waals surface area contributed by atoms with Crippen molar-refractivity contribution in [2.24, 2.45) is 0 Å². The van der Waals surface area contributed by atoms with E-state index < -0.39 is 0 Å². The van der Waals surface area contributed by atoms with Crippen LogP contribution >= 0.6 is 23.1 Å². The van der Waals surface area contributed by atoms with E-state index in [1.807, 2.05) is 13.8 Å². The number of nitrogens with one attached hydrogen (secondary N) is 1. The van der Waals surface area contributed by atoms with Gasteiger partial charge in [0, 0.05) is 42.4 Å². The molecule has 2 aromatic heterocycles. The highest BCUT2D eigenvalue weighted by molar-refractivity contribution is 7.09. The van der Waals surface area contributed by atoms with Gasteiger partial charge in [-0.15, -0.1) is 0 Å². The van der Waals surface area contributed by atoms with Crippen LogP contribution in [0.5, 0.6) is 17.4 Å². The number of likely N-dealkylation sites (tertiary alicyclic amines) is 1. The molecule has 9 nitrogen and oxygen atoms in total. The summed E-state index contributed by atoms with van der Waals surface area (Å²) in [6, 6.07) is 6.33. The highest BCUT2D eigenvalue weighted by Gasteiger charge is 2.23. The van der Waals surface area contributed by atoms with Crippen molar-refractivity contribution in [3.63, 3.8) is 0 Å². The molecule has 1 aliphatic rings. The molecule has 1 aliphatic heterocycles. The molecule has 1 aromatic carbocycles. The van der Waals surface area contributed by atoms with Gasteiger partial charge in [-0.3, -0.25) is 14.9 Å². The average Bonchev–Trinajstić information content (AvgIpc) is 3.12. The second-order valence-corrected chi connectivity index (χ2v) is 8.88. The zero-order valence-electron chi connectivity index (χ0n) is 18.3. The molecule has 0 spiro atoms. The fraction of sp³-hybridized carbons (Fsp3) is 0.318. The van der Waals surface area contributed by atoms with Crippen LogP contribution in [0.3, 0.4) is 0 Å². The van der Waals surface area contributed by atoms with Gasteiger partial charge in [-0.05, 0) is 45.4 Å². The van der Waals surface area contributed by atoms with Crippen molar-refractivity contribution in [2.75, 3.05) is 18.4 Å². The molecule has 0 unspecified atom stereocenters. The molecule has 0 bridgehead atoms. The third kappa shape index (κ3) is 5.58. The molecule has 0 aliphatic carbocycles. The smallest absolute Gasteiger partial charge is 0.257 e. The number of nitrogens with zero attached hydrogens (tertiary/aromatic N) is 4. The van der Waals surface area contributed by atoms with Crippen LogP contribution in [0.4, 0.5) is 5.13 Å². The van der Waals surface area contributed by atoms with E-state index >= 15 is 0 Å². The molecule has 2 amide bonds. The first kappa shape index (κ1) is 22.9. The number of carbonyl (C=O) groups is 2. The van der Waals surface area contributed by atoms with Crippen LogP contribution in [0.2, 0.25) is 5.02 Å². The molecule has 11 heteroatoms. The van der Waals surface area contributed by atoms with Crippen molar-refractivity contribution >= 4 is 40.1 Å². The zero-order chi connectivity index (χ0) is 23.5. The minimum atomic E-state index is -0.389. The summed E-state index contributed by atoms with van der Waals surface area (Å²) in [5, 5.41) is 3.29. The molecular weight excluding hydrogens is 466 g/mol. The van der Waals surface area contributed by atoms with Gasteiger partial charge in [-0.1, -0.05) is 11.6 Å². The third-order valence-electron chi connectivity index (χ3n) is 4.67. The number of hydrogen-bond acceptors (Lipinski definition) is 8. The molecule has 0 saturated carbocycles. The number of hydrogen-bond donors (Lipinski definition) is 1. The molecule has 0 atom stereocenters. The van der Waals surface area contributed by atoms with Crippen LogP contribution in [0.1, 0.15) is 46.8 Å². The lowest BCUT2D eigenvalue weighted by Gasteiger charge is -2.30. The maximum absolute atomic E-state index is 12.8. The highest BCUT2D eigenvalue weighted by atomic mass is 35.5. The van der Waals surface area contributed by atoms with E-state index in [1.165, 1.54) is 12.3 Å². The van der Waals surface area contributed by atoms with Gasteiger partial charge >= 0.3 is 0 Å². The highest BCUT2D eigenvalue weighted by Crippen LogP contribution is 2.32. The van der Waals surface area contributed by atoms with E-state index in [0.717, 1.165) is 31.0 Å². The second kappa shape index (κ2) is 9.72. The predicted octanol–water partition coefficient (Wildman–Crippen LogP) is 4.57. The Kier molecular flexibility index (Phi) is 6.75. The van der Waals surface area contributed by atoms with Crippen LogP contribution in [-0.2, 0) is 0 Å². The minimum absolute atomic E-state index is 0.111. The van der Waals surface area contributed by atoms with E-state index in [2.05, 4.69) is 19.7 Å². The summed E-state index contributed by atoms with van der Waals surface area (Å²) in [7, 11) is 0. The topological polar surface area (TPSA) is 107 Å². The maximum atomic E-state index is 12.8. The van der Waals surface area contributed by atoms with Gasteiger partial charge in [-0.25, -0.2) is 9.97 Å². The lowest BCUT2D eigenvalue weighted by atomic mass is 10.1. The first-order chi connectivity index (χ1) is 15.8. The van der Waals surface area contributed by atoms with Crippen molar-refractivity contribution < 1.29 is 19.1 Å². The SMILES string of the molecule is Cc1nsc(NC(=O)c2cc(Oc3ncc(C(=O)N4CCC4)cc3Cl)cc(OC(C)C)c2)n1. The quantitative estimate of drug-likeness (QED) is 0.520. The Balaban J connectivity index is 1.57. The number of pyridine rings is 1. The summed E-state index contributed by atoms with van der Waals surface area (Å²) in [5.41, 5.74) is 0.702. The first-order valence-corrected chi connectivity index (χ1v) is 11.5. The third-order valence-corrected chi connectivity index (χ3v) is 5.67. The lowest BCUT2D eigenvalue weighted by molar-refractivity contribution is 0.0651. The van der Waals surface area contributed by atoms with Gasteiger partial charge in [-0.2, -0.15) is 4.37 Å². The summed E-state index contributed by atoms with van der Waals surface area (Å²) in [4.78, 5) is 35.3. The zero-order valence-corrected chi connectivity index (χ0v) is 19.9. The van der Waals surface area contributed by atoms with Gasteiger partial charge < -0.3 is 14.4 Å². The van der Waals surface area contributed by atoms with Gasteiger partial charge in [0.15, 0.2) is 0 Å². The standard InChI is InChI=1S/C22H22ClN5O4S/c1-12(2)31-16-7-14(19(29)26-22-25-13(3)27-33-22)8-17(10-16)32-20-18(23)9-15(11-24-20)21(30)28-5-4-6-28/h7-12H,4-6H2,1-3H3,(H,25,26,27,29). The molecule has 3 aromatic rings. The molecule has 1 saturated heterocycles. The van der Waals surface area contributed by atoms with Crippen LogP contribution in [0.25, 0.3) is 0 Å². The number of aromatic nitrogens is 3. The molecular formula is C22H22ClN5O4S. The summed E-state index contributed by atoms with van der Waals surface area (Å²) in [6.07, 6.45) is 2.31. The van der Waals surface area contributed by atoms with Crippen molar-refractivity contribution in [3.8, 4) is 17.4 Å². The molecule has 4 rings (SSSR count). The van der Waals surface area contributed by atoms with Gasteiger partial charge in [0.25, 0.3) is 11.8 Å². The number of ether oxygens (including phenoxy) is 2. The van der Waals surface area contributed by atoms with Crippen LogP contribution in [-0.4, -0.2) is 50.2 Å². The Hall–Kier alpha value is -3.24. The van der Waals surface area contributed by atoms with E-state index in [-0.39, 0.29) is 28.8 Å². The van der Waals surface area contributed by atoms with E-state index in [0.29, 0.717) is 33.6 Å². The normalized spacial score (nSPS) is 12.9. The Morgan fingerprint density at radius 2 is 1.91 bits per heavy atom. The minimum Gasteiger partial charge on any atom is -0.491 e. The first-order valence-electron chi connectivity index (χ1n) is 10.3. The molecule has 172 valence electrons. The summed E-state index contributed by atoms with van der Waals surface area (Å²) in [6.45, 7) is 6.97. The number of anilines is 1. The molecule has 0 radical (unpaired) electrons. The number of aryl methyl sites for hydroxylation is 1. The fourth-order valence-corrected chi connectivity index (χ4v) is 3.83. The lowest BCUT2D eigenvalue weighted by Crippen LogP contribution is -2.42. The van der Waals surface area contributed by atoms with Crippen molar-refractivity contribution in [2.45, 2.75) is 33.3 Å². The van der Waals surface area contributed by atoms with Gasteiger partial charge in [0.05, 0.1) is 11.7 Å². The number of benzene rings is 1. The summed E-state index contributed by atoms with van der Waals surface area (Å²) < 4.78 is 15.7. The summed E-state index contributed by atoms with van der Waals surface area (Å²) >= 11 is 7.44. The molecule has 1 fully saturated rings. The van der Waals surface area contributed by atoms with Crippen LogP contribution in [0, 0.1) is 6.92 Å². The van der Waals surface area contributed by atoms with Gasteiger partial charge in [0.2, 0.25) is 11.0 Å². The van der Waals surface area contributed by atoms with Crippen LogP contribution in [0.15, 0.2) is 30.5 Å². The van der Waals surface area contributed by atoms with Crippen molar-refractivity contribution in [1.29, 1.82) is 0 Å². The number of rotatable bonds is 7. The predicted molar refractivity (Wildman–Crippen MR) is 125 cm³/mol. The second-order valence-electron chi connectivity index (χ2n) is 7.72. The van der Waals surface area contributed by atoms with E-state index in [1.54, 1.807) is 30.0 Å².